The van der Waals surface area contributed by atoms with E-state index in [1.807, 2.05) is 0 Å². The van der Waals surface area contributed by atoms with E-state index in [2.05, 4.69) is 0 Å². The van der Waals surface area contributed by atoms with Gasteiger partial charge in [0.1, 0.15) is 0 Å². The molecule has 0 aromatic rings. The topological polar surface area (TPSA) is 92.5 Å². The summed E-state index contributed by atoms with van der Waals surface area (Å²) in [5.74, 6) is 0. The second-order valence-corrected chi connectivity index (χ2v) is 2.32. The summed E-state index contributed by atoms with van der Waals surface area (Å²) in [6.07, 6.45) is 0. The molecule has 0 heterocycles. The maximum atomic E-state index is 8.02. The molecule has 4 heteroatoms. The van der Waals surface area contributed by atoms with Crippen LogP contribution in [-0.2, 0) is 0 Å². The minimum Gasteiger partial charge on any atom is -0.395 e. The van der Waals surface area contributed by atoms with Gasteiger partial charge in [-0.15, -0.1) is 0 Å². The van der Waals surface area contributed by atoms with Crippen LogP contribution in [0.4, 0.5) is 0 Å². The van der Waals surface area contributed by atoms with Gasteiger partial charge in [0.2, 0.25) is 0 Å². The monoisotopic (exact) mass is 150 g/mol. The molecule has 0 aliphatic rings. The molecule has 0 aliphatic carbocycles. The first-order valence-electron chi connectivity index (χ1n) is 3.27. The summed E-state index contributed by atoms with van der Waals surface area (Å²) < 4.78 is 0. The SMILES string of the molecule is C[C@H](N)CO.C[C@H](N)CO. The number of aliphatic hydroxyl groups is 2. The van der Waals surface area contributed by atoms with Crippen molar-refractivity contribution in [2.75, 3.05) is 13.2 Å². The van der Waals surface area contributed by atoms with Crippen molar-refractivity contribution in [1.29, 1.82) is 0 Å². The van der Waals surface area contributed by atoms with Crippen molar-refractivity contribution in [3.8, 4) is 0 Å². The van der Waals surface area contributed by atoms with Gasteiger partial charge in [-0.05, 0) is 13.8 Å². The van der Waals surface area contributed by atoms with Gasteiger partial charge in [0, 0.05) is 12.1 Å². The molecule has 0 spiro atoms. The third-order valence-electron chi connectivity index (χ3n) is 0.576. The number of hydrogen-bond donors (Lipinski definition) is 4. The fourth-order valence-corrected chi connectivity index (χ4v) is 0. The second-order valence-electron chi connectivity index (χ2n) is 2.32. The second kappa shape index (κ2) is 8.84. The molecule has 0 radical (unpaired) electrons. The van der Waals surface area contributed by atoms with Gasteiger partial charge in [-0.2, -0.15) is 0 Å². The zero-order valence-corrected chi connectivity index (χ0v) is 6.62. The van der Waals surface area contributed by atoms with Crippen LogP contribution in [0, 0.1) is 0 Å². The van der Waals surface area contributed by atoms with Gasteiger partial charge < -0.3 is 21.7 Å². The van der Waals surface area contributed by atoms with E-state index in [0.717, 1.165) is 0 Å². The molecule has 0 aromatic carbocycles. The first-order valence-corrected chi connectivity index (χ1v) is 3.27. The Labute approximate surface area is 61.8 Å². The Hall–Kier alpha value is -0.160. The summed E-state index contributed by atoms with van der Waals surface area (Å²) in [6, 6.07) is -0.120. The lowest BCUT2D eigenvalue weighted by molar-refractivity contribution is 0.273. The fraction of sp³-hybridized carbons (Fsp3) is 1.00. The van der Waals surface area contributed by atoms with Crippen LogP contribution in [-0.4, -0.2) is 35.5 Å². The number of hydrogen-bond acceptors (Lipinski definition) is 4. The highest BCUT2D eigenvalue weighted by molar-refractivity contribution is 4.43. The van der Waals surface area contributed by atoms with E-state index in [1.165, 1.54) is 0 Å². The molecule has 0 fully saturated rings. The Morgan fingerprint density at radius 3 is 1.10 bits per heavy atom. The van der Waals surface area contributed by atoms with Gasteiger partial charge in [0.15, 0.2) is 0 Å². The average molecular weight is 150 g/mol. The minimum absolute atomic E-state index is 0.0602. The van der Waals surface area contributed by atoms with Crippen LogP contribution in [0.15, 0.2) is 0 Å². The third kappa shape index (κ3) is 24.9. The summed E-state index contributed by atoms with van der Waals surface area (Å²) in [7, 11) is 0. The standard InChI is InChI=1S/2C3H9NO/c2*1-3(4)2-5/h2*3,5H,2,4H2,1H3/t2*3-/m00/s1. The van der Waals surface area contributed by atoms with Gasteiger partial charge in [0.05, 0.1) is 13.2 Å². The Morgan fingerprint density at radius 2 is 1.10 bits per heavy atom. The molecule has 4 nitrogen and oxygen atoms in total. The van der Waals surface area contributed by atoms with Crippen LogP contribution < -0.4 is 11.5 Å². The first kappa shape index (κ1) is 12.5. The lowest BCUT2D eigenvalue weighted by atomic mass is 10.4. The number of aliphatic hydroxyl groups excluding tert-OH is 2. The molecule has 0 saturated carbocycles. The molecule has 6 N–H and O–H groups in total. The quantitative estimate of drug-likeness (QED) is 0.391. The fourth-order valence-electron chi connectivity index (χ4n) is 0. The summed E-state index contributed by atoms with van der Waals surface area (Å²) in [6.45, 7) is 3.67. The highest BCUT2D eigenvalue weighted by Crippen LogP contribution is 1.63. The van der Waals surface area contributed by atoms with Crippen molar-refractivity contribution in [3.63, 3.8) is 0 Å². The third-order valence-corrected chi connectivity index (χ3v) is 0.576. The van der Waals surface area contributed by atoms with E-state index in [0.29, 0.717) is 0 Å². The van der Waals surface area contributed by atoms with Gasteiger partial charge in [0.25, 0.3) is 0 Å². The van der Waals surface area contributed by atoms with Crippen molar-refractivity contribution in [1.82, 2.24) is 0 Å². The van der Waals surface area contributed by atoms with E-state index < -0.39 is 0 Å². The van der Waals surface area contributed by atoms with E-state index in [9.17, 15) is 0 Å². The average Bonchev–Trinajstić information content (AvgIpc) is 1.89. The Morgan fingerprint density at radius 1 is 1.00 bits per heavy atom. The summed E-state index contributed by atoms with van der Waals surface area (Å²) in [5, 5.41) is 16.0. The van der Waals surface area contributed by atoms with Crippen molar-refractivity contribution in [2.45, 2.75) is 25.9 Å². The van der Waals surface area contributed by atoms with Gasteiger partial charge in [-0.25, -0.2) is 0 Å². The molecular weight excluding hydrogens is 132 g/mol. The van der Waals surface area contributed by atoms with E-state index in [4.69, 9.17) is 21.7 Å². The summed E-state index contributed by atoms with van der Waals surface area (Å²) in [4.78, 5) is 0. The molecule has 0 rings (SSSR count). The van der Waals surface area contributed by atoms with Crippen molar-refractivity contribution >= 4 is 0 Å². The first-order chi connectivity index (χ1) is 4.54. The predicted octanol–water partition coefficient (Wildman–Crippen LogP) is -1.35. The lowest BCUT2D eigenvalue weighted by Gasteiger charge is -1.91. The number of rotatable bonds is 2. The van der Waals surface area contributed by atoms with Crippen LogP contribution in [0.25, 0.3) is 0 Å². The van der Waals surface area contributed by atoms with Crippen molar-refractivity contribution in [2.24, 2.45) is 11.5 Å². The molecule has 0 saturated heterocycles. The normalized spacial score (nSPS) is 15.0. The predicted molar refractivity (Wildman–Crippen MR) is 41.5 cm³/mol. The van der Waals surface area contributed by atoms with Crippen LogP contribution >= 0.6 is 0 Å². The van der Waals surface area contributed by atoms with Crippen LogP contribution in [0.1, 0.15) is 13.8 Å². The van der Waals surface area contributed by atoms with E-state index >= 15 is 0 Å². The minimum atomic E-state index is -0.0602. The lowest BCUT2D eigenvalue weighted by Crippen LogP contribution is -2.18. The molecule has 0 aliphatic heterocycles. The molecular formula is C6H18N2O2. The summed E-state index contributed by atoms with van der Waals surface area (Å²) in [5.41, 5.74) is 10.1. The van der Waals surface area contributed by atoms with E-state index in [-0.39, 0.29) is 25.3 Å². The van der Waals surface area contributed by atoms with Crippen molar-refractivity contribution in [3.05, 3.63) is 0 Å². The molecule has 0 unspecified atom stereocenters. The maximum Gasteiger partial charge on any atom is 0.0579 e. The zero-order chi connectivity index (χ0) is 8.57. The molecule has 0 bridgehead atoms. The molecule has 0 amide bonds. The van der Waals surface area contributed by atoms with E-state index in [1.54, 1.807) is 13.8 Å². The Kier molecular flexibility index (Phi) is 11.1. The molecule has 10 heavy (non-hydrogen) atoms. The van der Waals surface area contributed by atoms with Crippen molar-refractivity contribution < 1.29 is 10.2 Å². The van der Waals surface area contributed by atoms with Crippen LogP contribution in [0.5, 0.6) is 0 Å². The highest BCUT2D eigenvalue weighted by atomic mass is 16.3. The maximum absolute atomic E-state index is 8.02. The Balaban J connectivity index is 0. The smallest absolute Gasteiger partial charge is 0.0579 e. The zero-order valence-electron chi connectivity index (χ0n) is 6.62. The number of nitrogens with two attached hydrogens (primary N) is 2. The van der Waals surface area contributed by atoms with Gasteiger partial charge in [-0.3, -0.25) is 0 Å². The van der Waals surface area contributed by atoms with Gasteiger partial charge in [-0.1, -0.05) is 0 Å². The molecule has 2 atom stereocenters. The summed E-state index contributed by atoms with van der Waals surface area (Å²) >= 11 is 0. The molecule has 0 aromatic heterocycles. The molecule has 64 valence electrons. The van der Waals surface area contributed by atoms with Crippen LogP contribution in [0.2, 0.25) is 0 Å². The Bertz CT molecular complexity index is 49.7. The largest absolute Gasteiger partial charge is 0.395 e. The highest BCUT2D eigenvalue weighted by Gasteiger charge is 1.81. The van der Waals surface area contributed by atoms with Crippen LogP contribution in [0.3, 0.4) is 0 Å². The van der Waals surface area contributed by atoms with Gasteiger partial charge >= 0.3 is 0 Å².